The van der Waals surface area contributed by atoms with Gasteiger partial charge >= 0.3 is 0 Å². The molecule has 0 aliphatic heterocycles. The second kappa shape index (κ2) is 6.16. The molecule has 0 spiro atoms. The van der Waals surface area contributed by atoms with Gasteiger partial charge in [0.15, 0.2) is 0 Å². The summed E-state index contributed by atoms with van der Waals surface area (Å²) in [7, 11) is 1.97. The van der Waals surface area contributed by atoms with Gasteiger partial charge in [0, 0.05) is 30.1 Å². The monoisotopic (exact) mass is 281 g/mol. The summed E-state index contributed by atoms with van der Waals surface area (Å²) in [5.74, 6) is 1.00. The van der Waals surface area contributed by atoms with Crippen molar-refractivity contribution in [2.75, 3.05) is 17.6 Å². The van der Waals surface area contributed by atoms with Crippen LogP contribution < -0.4 is 5.32 Å². The predicted octanol–water partition coefficient (Wildman–Crippen LogP) is 3.59. The van der Waals surface area contributed by atoms with Crippen LogP contribution in [0, 0.1) is 6.92 Å². The second-order valence-corrected chi connectivity index (χ2v) is 5.58. The number of aryl methyl sites for hydroxylation is 2. The maximum atomic E-state index is 5.83. The minimum absolute atomic E-state index is 0.764. The topological polar surface area (TPSA) is 29.9 Å². The van der Waals surface area contributed by atoms with Gasteiger partial charge in [0.05, 0.1) is 10.7 Å². The minimum atomic E-state index is 0.764. The fourth-order valence-corrected chi connectivity index (χ4v) is 2.66. The van der Waals surface area contributed by atoms with Crippen molar-refractivity contribution in [3.8, 4) is 0 Å². The molecule has 2 aromatic rings. The highest BCUT2D eigenvalue weighted by Crippen LogP contribution is 2.18. The zero-order valence-corrected chi connectivity index (χ0v) is 12.1. The Labute approximate surface area is 117 Å². The van der Waals surface area contributed by atoms with Crippen LogP contribution >= 0.6 is 23.4 Å². The number of halogens is 1. The summed E-state index contributed by atoms with van der Waals surface area (Å²) in [6.45, 7) is 2.92. The summed E-state index contributed by atoms with van der Waals surface area (Å²) in [6, 6.07) is 9.86. The molecule has 0 aliphatic carbocycles. The van der Waals surface area contributed by atoms with Crippen molar-refractivity contribution in [3.63, 3.8) is 0 Å². The Bertz CT molecular complexity index is 507. The largest absolute Gasteiger partial charge is 0.384 e. The number of rotatable bonds is 5. The molecule has 1 aromatic carbocycles. The first-order valence-corrected chi connectivity index (χ1v) is 7.14. The first-order chi connectivity index (χ1) is 8.65. The molecule has 0 saturated heterocycles. The quantitative estimate of drug-likeness (QED) is 0.671. The number of thioether (sulfide) groups is 1. The van der Waals surface area contributed by atoms with Gasteiger partial charge in [-0.1, -0.05) is 11.6 Å². The van der Waals surface area contributed by atoms with E-state index in [1.165, 1.54) is 5.03 Å². The highest BCUT2D eigenvalue weighted by molar-refractivity contribution is 7.99. The number of nitrogens with one attached hydrogen (secondary N) is 1. The van der Waals surface area contributed by atoms with Gasteiger partial charge in [-0.05, 0) is 37.3 Å². The van der Waals surface area contributed by atoms with Gasteiger partial charge in [-0.15, -0.1) is 11.8 Å². The summed E-state index contributed by atoms with van der Waals surface area (Å²) in [5, 5.41) is 9.64. The van der Waals surface area contributed by atoms with E-state index < -0.39 is 0 Å². The van der Waals surface area contributed by atoms with Crippen LogP contribution in [0.2, 0.25) is 5.02 Å². The van der Waals surface area contributed by atoms with E-state index in [4.69, 9.17) is 11.6 Å². The van der Waals surface area contributed by atoms with Crippen molar-refractivity contribution < 1.29 is 0 Å². The number of hydrogen-bond acceptors (Lipinski definition) is 3. The Morgan fingerprint density at radius 1 is 1.33 bits per heavy atom. The summed E-state index contributed by atoms with van der Waals surface area (Å²) >= 11 is 7.63. The van der Waals surface area contributed by atoms with E-state index in [9.17, 15) is 0 Å². The van der Waals surface area contributed by atoms with Crippen LogP contribution in [0.4, 0.5) is 5.69 Å². The summed E-state index contributed by atoms with van der Waals surface area (Å²) in [4.78, 5) is 0. The number of anilines is 1. The van der Waals surface area contributed by atoms with Crippen molar-refractivity contribution in [1.82, 2.24) is 9.78 Å². The molecule has 0 radical (unpaired) electrons. The fourth-order valence-electron chi connectivity index (χ4n) is 1.64. The van der Waals surface area contributed by atoms with Crippen LogP contribution in [-0.4, -0.2) is 22.1 Å². The maximum absolute atomic E-state index is 5.83. The van der Waals surface area contributed by atoms with Crippen molar-refractivity contribution >= 4 is 29.1 Å². The number of benzene rings is 1. The third-order valence-corrected chi connectivity index (χ3v) is 3.82. The summed E-state index contributed by atoms with van der Waals surface area (Å²) in [5.41, 5.74) is 2.16. The van der Waals surface area contributed by atoms with E-state index in [-0.39, 0.29) is 0 Å². The Morgan fingerprint density at radius 3 is 2.67 bits per heavy atom. The van der Waals surface area contributed by atoms with Gasteiger partial charge in [-0.2, -0.15) is 5.10 Å². The van der Waals surface area contributed by atoms with Gasteiger partial charge in [0.2, 0.25) is 0 Å². The Morgan fingerprint density at radius 2 is 2.06 bits per heavy atom. The average molecular weight is 282 g/mol. The lowest BCUT2D eigenvalue weighted by atomic mass is 10.3. The first-order valence-electron chi connectivity index (χ1n) is 5.78. The van der Waals surface area contributed by atoms with Crippen LogP contribution in [0.15, 0.2) is 35.4 Å². The average Bonchev–Trinajstić information content (AvgIpc) is 2.66. The van der Waals surface area contributed by atoms with Gasteiger partial charge in [0.1, 0.15) is 0 Å². The molecule has 1 N–H and O–H groups in total. The van der Waals surface area contributed by atoms with Crippen molar-refractivity contribution in [3.05, 3.63) is 41.0 Å². The standard InChI is InChI=1S/C13H16ClN3S/c1-10-9-13(17(2)16-10)18-8-7-15-12-5-3-11(14)4-6-12/h3-6,9,15H,7-8H2,1-2H3. The normalized spacial score (nSPS) is 10.6. The van der Waals surface area contributed by atoms with Gasteiger partial charge in [-0.3, -0.25) is 4.68 Å². The SMILES string of the molecule is Cc1cc(SCCNc2ccc(Cl)cc2)n(C)n1. The van der Waals surface area contributed by atoms with Crippen LogP contribution in [0.1, 0.15) is 5.69 Å². The lowest BCUT2D eigenvalue weighted by Gasteiger charge is -2.06. The number of nitrogens with zero attached hydrogens (tertiary/aromatic N) is 2. The molecule has 1 heterocycles. The van der Waals surface area contributed by atoms with E-state index in [2.05, 4.69) is 16.5 Å². The molecule has 1 aromatic heterocycles. The molecular weight excluding hydrogens is 266 g/mol. The molecule has 0 aliphatic rings. The molecule has 96 valence electrons. The van der Waals surface area contributed by atoms with E-state index in [0.717, 1.165) is 28.7 Å². The van der Waals surface area contributed by atoms with Crippen LogP contribution in [0.25, 0.3) is 0 Å². The highest BCUT2D eigenvalue weighted by atomic mass is 35.5. The van der Waals surface area contributed by atoms with E-state index in [0.29, 0.717) is 0 Å². The Hall–Kier alpha value is -1.13. The summed E-state index contributed by atoms with van der Waals surface area (Å²) < 4.78 is 1.92. The molecule has 18 heavy (non-hydrogen) atoms. The zero-order chi connectivity index (χ0) is 13.0. The highest BCUT2D eigenvalue weighted by Gasteiger charge is 2.01. The molecule has 0 atom stereocenters. The molecule has 3 nitrogen and oxygen atoms in total. The van der Waals surface area contributed by atoms with Crippen LogP contribution in [0.5, 0.6) is 0 Å². The number of hydrogen-bond donors (Lipinski definition) is 1. The zero-order valence-electron chi connectivity index (χ0n) is 10.5. The number of aromatic nitrogens is 2. The molecule has 0 unspecified atom stereocenters. The maximum Gasteiger partial charge on any atom is 0.0939 e. The fraction of sp³-hybridized carbons (Fsp3) is 0.308. The predicted molar refractivity (Wildman–Crippen MR) is 78.6 cm³/mol. The molecular formula is C13H16ClN3S. The van der Waals surface area contributed by atoms with E-state index in [1.807, 2.05) is 42.9 Å². The van der Waals surface area contributed by atoms with Crippen molar-refractivity contribution in [1.29, 1.82) is 0 Å². The second-order valence-electron chi connectivity index (χ2n) is 4.03. The van der Waals surface area contributed by atoms with Crippen LogP contribution in [-0.2, 0) is 7.05 Å². The van der Waals surface area contributed by atoms with Crippen LogP contribution in [0.3, 0.4) is 0 Å². The Kier molecular flexibility index (Phi) is 4.55. The van der Waals surface area contributed by atoms with Gasteiger partial charge in [-0.25, -0.2) is 0 Å². The lowest BCUT2D eigenvalue weighted by Crippen LogP contribution is -2.04. The smallest absolute Gasteiger partial charge is 0.0939 e. The van der Waals surface area contributed by atoms with E-state index >= 15 is 0 Å². The molecule has 0 bridgehead atoms. The molecule has 2 rings (SSSR count). The third kappa shape index (κ3) is 3.68. The Balaban J connectivity index is 1.76. The molecule has 0 amide bonds. The van der Waals surface area contributed by atoms with Gasteiger partial charge < -0.3 is 5.32 Å². The van der Waals surface area contributed by atoms with Gasteiger partial charge in [0.25, 0.3) is 0 Å². The van der Waals surface area contributed by atoms with E-state index in [1.54, 1.807) is 11.8 Å². The summed E-state index contributed by atoms with van der Waals surface area (Å²) in [6.07, 6.45) is 0. The molecule has 5 heteroatoms. The lowest BCUT2D eigenvalue weighted by molar-refractivity contribution is 0.692. The molecule has 0 saturated carbocycles. The van der Waals surface area contributed by atoms with Crippen molar-refractivity contribution in [2.24, 2.45) is 7.05 Å². The van der Waals surface area contributed by atoms with Crippen molar-refractivity contribution in [2.45, 2.75) is 11.9 Å². The third-order valence-electron chi connectivity index (χ3n) is 2.48. The molecule has 0 fully saturated rings. The first kappa shape index (κ1) is 13.3. The minimum Gasteiger partial charge on any atom is -0.384 e.